The van der Waals surface area contributed by atoms with Crippen LogP contribution in [0.25, 0.3) is 0 Å². The summed E-state index contributed by atoms with van der Waals surface area (Å²) < 4.78 is 26.1. The molecule has 1 aromatic carbocycles. The maximum atomic E-state index is 13.4. The van der Waals surface area contributed by atoms with E-state index in [1.54, 1.807) is 0 Å². The van der Waals surface area contributed by atoms with E-state index in [1.807, 2.05) is 0 Å². The third-order valence-corrected chi connectivity index (χ3v) is 2.20. The van der Waals surface area contributed by atoms with Crippen molar-refractivity contribution in [3.05, 3.63) is 29.3 Å². The van der Waals surface area contributed by atoms with Crippen LogP contribution in [0.15, 0.2) is 12.1 Å². The number of hydrogen-bond acceptors (Lipinski definition) is 4. The lowest BCUT2D eigenvalue weighted by Gasteiger charge is -2.19. The lowest BCUT2D eigenvalue weighted by molar-refractivity contribution is -0.121. The smallest absolute Gasteiger partial charge is 0.220 e. The van der Waals surface area contributed by atoms with Gasteiger partial charge in [0.15, 0.2) is 0 Å². The molecule has 0 bridgehead atoms. The highest BCUT2D eigenvalue weighted by Crippen LogP contribution is 2.28. The lowest BCUT2D eigenvalue weighted by Crippen LogP contribution is -2.26. The van der Waals surface area contributed by atoms with E-state index in [2.05, 4.69) is 0 Å². The molecule has 0 aliphatic rings. The highest BCUT2D eigenvalue weighted by molar-refractivity contribution is 5.74. The van der Waals surface area contributed by atoms with Gasteiger partial charge in [0, 0.05) is 17.3 Å². The first-order valence-corrected chi connectivity index (χ1v) is 4.71. The molecule has 94 valence electrons. The van der Waals surface area contributed by atoms with E-state index >= 15 is 0 Å². The Labute approximate surface area is 95.7 Å². The summed E-state index contributed by atoms with van der Waals surface area (Å²) in [5.74, 6) is -2.86. The van der Waals surface area contributed by atoms with Gasteiger partial charge in [0.05, 0.1) is 12.5 Å². The van der Waals surface area contributed by atoms with Gasteiger partial charge in [-0.15, -0.1) is 0 Å². The Morgan fingerprint density at radius 2 is 1.94 bits per heavy atom. The maximum Gasteiger partial charge on any atom is 0.220 e. The van der Waals surface area contributed by atoms with Crippen LogP contribution in [0, 0.1) is 11.6 Å². The number of amides is 1. The molecular weight excluding hydrogens is 234 g/mol. The number of hydrogen-bond donors (Lipinski definition) is 4. The van der Waals surface area contributed by atoms with E-state index in [0.717, 1.165) is 6.07 Å². The molecule has 2 atom stereocenters. The van der Waals surface area contributed by atoms with Crippen molar-refractivity contribution in [1.82, 2.24) is 0 Å². The van der Waals surface area contributed by atoms with Crippen molar-refractivity contribution in [2.24, 2.45) is 5.73 Å². The average Bonchev–Trinajstić information content (AvgIpc) is 2.14. The zero-order chi connectivity index (χ0) is 13.2. The number of benzene rings is 1. The number of anilines is 1. The molecule has 1 rings (SSSR count). The van der Waals surface area contributed by atoms with Crippen molar-refractivity contribution in [2.75, 3.05) is 5.73 Å². The van der Waals surface area contributed by atoms with Crippen LogP contribution < -0.4 is 11.5 Å². The Bertz CT molecular complexity index is 417. The summed E-state index contributed by atoms with van der Waals surface area (Å²) in [5.41, 5.74) is 9.33. The van der Waals surface area contributed by atoms with Gasteiger partial charge in [0.1, 0.15) is 17.7 Å². The Hall–Kier alpha value is -1.73. The van der Waals surface area contributed by atoms with Crippen molar-refractivity contribution in [3.8, 4) is 0 Å². The van der Waals surface area contributed by atoms with Crippen molar-refractivity contribution < 1.29 is 23.8 Å². The number of carbonyl (C=O) groups excluding carboxylic acids is 1. The number of carbonyl (C=O) groups is 1. The van der Waals surface area contributed by atoms with Crippen LogP contribution in [0.2, 0.25) is 0 Å². The van der Waals surface area contributed by atoms with Crippen molar-refractivity contribution in [2.45, 2.75) is 18.6 Å². The van der Waals surface area contributed by atoms with E-state index < -0.39 is 41.7 Å². The molecule has 0 radical (unpaired) electrons. The van der Waals surface area contributed by atoms with E-state index in [0.29, 0.717) is 6.07 Å². The van der Waals surface area contributed by atoms with Crippen molar-refractivity contribution in [1.29, 1.82) is 0 Å². The molecule has 6 N–H and O–H groups in total. The van der Waals surface area contributed by atoms with Crippen LogP contribution in [-0.4, -0.2) is 22.2 Å². The minimum absolute atomic E-state index is 0.349. The molecular formula is C10H12F2N2O3. The predicted molar refractivity (Wildman–Crippen MR) is 55.5 cm³/mol. The highest BCUT2D eigenvalue weighted by Gasteiger charge is 2.25. The number of primary amides is 1. The summed E-state index contributed by atoms with van der Waals surface area (Å²) in [4.78, 5) is 10.5. The maximum absolute atomic E-state index is 13.4. The quantitative estimate of drug-likeness (QED) is 0.552. The monoisotopic (exact) mass is 246 g/mol. The van der Waals surface area contributed by atoms with Gasteiger partial charge in [-0.1, -0.05) is 0 Å². The standard InChI is InChI=1S/C10H12F2N2O3/c11-4-1-5(12)9(6(13)2-4)10(17)7(15)3-8(14)16/h1-2,7,10,15,17H,3,13H2,(H2,14,16). The SMILES string of the molecule is NC(=O)CC(O)C(O)c1c(N)cc(F)cc1F. The third kappa shape index (κ3) is 3.11. The number of halogens is 2. The summed E-state index contributed by atoms with van der Waals surface area (Å²) >= 11 is 0. The fourth-order valence-corrected chi connectivity index (χ4v) is 1.43. The van der Waals surface area contributed by atoms with Gasteiger partial charge in [-0.3, -0.25) is 4.79 Å². The summed E-state index contributed by atoms with van der Waals surface area (Å²) in [6, 6.07) is 1.32. The summed E-state index contributed by atoms with van der Waals surface area (Å²) in [7, 11) is 0. The Morgan fingerprint density at radius 3 is 2.41 bits per heavy atom. The first kappa shape index (κ1) is 13.3. The number of rotatable bonds is 4. The van der Waals surface area contributed by atoms with Gasteiger partial charge in [-0.2, -0.15) is 0 Å². The zero-order valence-corrected chi connectivity index (χ0v) is 8.73. The second kappa shape index (κ2) is 5.07. The van der Waals surface area contributed by atoms with E-state index in [4.69, 9.17) is 11.5 Å². The Morgan fingerprint density at radius 1 is 1.35 bits per heavy atom. The average molecular weight is 246 g/mol. The topological polar surface area (TPSA) is 110 Å². The molecule has 0 fully saturated rings. The van der Waals surface area contributed by atoms with Crippen LogP contribution in [0.4, 0.5) is 14.5 Å². The summed E-state index contributed by atoms with van der Waals surface area (Å²) in [6.45, 7) is 0. The molecule has 0 spiro atoms. The molecule has 1 aromatic rings. The molecule has 0 heterocycles. The molecule has 1 amide bonds. The fraction of sp³-hybridized carbons (Fsp3) is 0.300. The molecule has 0 aliphatic heterocycles. The fourth-order valence-electron chi connectivity index (χ4n) is 1.43. The van der Waals surface area contributed by atoms with Crippen molar-refractivity contribution >= 4 is 11.6 Å². The number of aliphatic hydroxyl groups excluding tert-OH is 2. The molecule has 0 aliphatic carbocycles. The third-order valence-electron chi connectivity index (χ3n) is 2.20. The molecule has 0 saturated carbocycles. The summed E-state index contributed by atoms with van der Waals surface area (Å²) in [5, 5.41) is 19.0. The lowest BCUT2D eigenvalue weighted by atomic mass is 9.99. The van der Waals surface area contributed by atoms with Crippen molar-refractivity contribution in [3.63, 3.8) is 0 Å². The first-order chi connectivity index (χ1) is 7.82. The second-order valence-corrected chi connectivity index (χ2v) is 3.57. The Kier molecular flexibility index (Phi) is 3.97. The van der Waals surface area contributed by atoms with Gasteiger partial charge < -0.3 is 21.7 Å². The first-order valence-electron chi connectivity index (χ1n) is 4.71. The minimum atomic E-state index is -1.75. The molecule has 5 nitrogen and oxygen atoms in total. The molecule has 2 unspecified atom stereocenters. The molecule has 0 aromatic heterocycles. The normalized spacial score (nSPS) is 14.4. The highest BCUT2D eigenvalue weighted by atomic mass is 19.1. The van der Waals surface area contributed by atoms with E-state index in [1.165, 1.54) is 0 Å². The minimum Gasteiger partial charge on any atom is -0.398 e. The Balaban J connectivity index is 3.03. The van der Waals surface area contributed by atoms with Crippen LogP contribution in [0.5, 0.6) is 0 Å². The largest absolute Gasteiger partial charge is 0.398 e. The van der Waals surface area contributed by atoms with E-state index in [9.17, 15) is 23.8 Å². The summed E-state index contributed by atoms with van der Waals surface area (Å²) in [6.07, 6.45) is -3.91. The molecule has 7 heteroatoms. The van der Waals surface area contributed by atoms with E-state index in [-0.39, 0.29) is 5.69 Å². The van der Waals surface area contributed by atoms with Crippen LogP contribution in [-0.2, 0) is 4.79 Å². The second-order valence-electron chi connectivity index (χ2n) is 3.57. The zero-order valence-electron chi connectivity index (χ0n) is 8.73. The van der Waals surface area contributed by atoms with Gasteiger partial charge in [-0.05, 0) is 6.07 Å². The van der Waals surface area contributed by atoms with Crippen LogP contribution in [0.3, 0.4) is 0 Å². The predicted octanol–water partition coefficient (Wildman–Crippen LogP) is -0.183. The number of nitrogen functional groups attached to an aromatic ring is 1. The van der Waals surface area contributed by atoms with Crippen LogP contribution in [0.1, 0.15) is 18.1 Å². The number of aliphatic hydroxyl groups is 2. The molecule has 0 saturated heterocycles. The van der Waals surface area contributed by atoms with Crippen LogP contribution >= 0.6 is 0 Å². The van der Waals surface area contributed by atoms with Gasteiger partial charge in [-0.25, -0.2) is 8.78 Å². The van der Waals surface area contributed by atoms with Gasteiger partial charge >= 0.3 is 0 Å². The van der Waals surface area contributed by atoms with Gasteiger partial charge in [0.25, 0.3) is 0 Å². The van der Waals surface area contributed by atoms with Gasteiger partial charge in [0.2, 0.25) is 5.91 Å². The molecule has 17 heavy (non-hydrogen) atoms. The number of nitrogens with two attached hydrogens (primary N) is 2.